The number of nitrogen functional groups attached to an aromatic ring is 1. The molecule has 43 heavy (non-hydrogen) atoms. The quantitative estimate of drug-likeness (QED) is 0.256. The van der Waals surface area contributed by atoms with Crippen LogP contribution in [0.3, 0.4) is 0 Å². The molecule has 0 bridgehead atoms. The highest BCUT2D eigenvalue weighted by Gasteiger charge is 2.31. The minimum atomic E-state index is -0.684. The maximum atomic E-state index is 14.9. The van der Waals surface area contributed by atoms with Gasteiger partial charge in [0, 0.05) is 47.6 Å². The second kappa shape index (κ2) is 10.4. The number of carbonyl (C=O) groups is 2. The zero-order valence-corrected chi connectivity index (χ0v) is 24.0. The Balaban J connectivity index is 1.27. The summed E-state index contributed by atoms with van der Waals surface area (Å²) in [7, 11) is 1.57. The van der Waals surface area contributed by atoms with Crippen LogP contribution in [0.1, 0.15) is 32.0 Å². The van der Waals surface area contributed by atoms with Gasteiger partial charge in [0.05, 0.1) is 29.1 Å². The Bertz CT molecular complexity index is 1900. The molecule has 0 saturated carbocycles. The van der Waals surface area contributed by atoms with Crippen molar-refractivity contribution in [3.63, 3.8) is 0 Å². The van der Waals surface area contributed by atoms with Crippen molar-refractivity contribution in [1.82, 2.24) is 24.7 Å². The molecule has 0 aliphatic carbocycles. The number of anilines is 5. The molecule has 0 spiro atoms. The average Bonchev–Trinajstić information content (AvgIpc) is 3.40. The molecule has 4 amide bonds. The summed E-state index contributed by atoms with van der Waals surface area (Å²) in [6, 6.07) is 14.2. The number of pyridine rings is 1. The number of nitrogens with zero attached hydrogens (tertiary/aromatic N) is 7. The van der Waals surface area contributed by atoms with Crippen LogP contribution in [0.15, 0.2) is 67.0 Å². The molecule has 0 saturated heterocycles. The predicted octanol–water partition coefficient (Wildman–Crippen LogP) is 5.45. The minimum Gasteiger partial charge on any atom is -0.368 e. The molecule has 6 rings (SSSR count). The van der Waals surface area contributed by atoms with E-state index in [0.29, 0.717) is 22.9 Å². The number of rotatable bonds is 4. The Morgan fingerprint density at radius 3 is 2.60 bits per heavy atom. The van der Waals surface area contributed by atoms with E-state index in [9.17, 15) is 14.0 Å². The maximum absolute atomic E-state index is 14.9. The molecule has 0 unspecified atom stereocenters. The first-order valence-electron chi connectivity index (χ1n) is 13.5. The number of halogens is 1. The zero-order chi connectivity index (χ0) is 30.5. The first kappa shape index (κ1) is 27.6. The Morgan fingerprint density at radius 2 is 1.81 bits per heavy atom. The molecule has 1 aliphatic heterocycles. The fourth-order valence-corrected chi connectivity index (χ4v) is 4.80. The summed E-state index contributed by atoms with van der Waals surface area (Å²) in [5.74, 6) is 0.187. The highest BCUT2D eigenvalue weighted by molar-refractivity contribution is 6.06. The van der Waals surface area contributed by atoms with E-state index in [0.717, 1.165) is 22.3 Å². The summed E-state index contributed by atoms with van der Waals surface area (Å²) in [5.41, 5.74) is 8.62. The third-order valence-electron chi connectivity index (χ3n) is 7.08. The highest BCUT2D eigenvalue weighted by Crippen LogP contribution is 2.32. The molecule has 4 heterocycles. The van der Waals surface area contributed by atoms with Gasteiger partial charge in [-0.3, -0.25) is 20.1 Å². The molecule has 0 atom stereocenters. The van der Waals surface area contributed by atoms with Crippen LogP contribution >= 0.6 is 0 Å². The first-order valence-corrected chi connectivity index (χ1v) is 13.5. The van der Waals surface area contributed by atoms with Gasteiger partial charge in [0.15, 0.2) is 0 Å². The molecule has 0 radical (unpaired) electrons. The fourth-order valence-electron chi connectivity index (χ4n) is 4.80. The number of amides is 4. The van der Waals surface area contributed by atoms with Gasteiger partial charge in [0.25, 0.3) is 0 Å². The van der Waals surface area contributed by atoms with E-state index in [1.807, 2.05) is 51.1 Å². The molecule has 218 valence electrons. The zero-order valence-electron chi connectivity index (χ0n) is 24.0. The average molecular weight is 581 g/mol. The van der Waals surface area contributed by atoms with Crippen LogP contribution in [0, 0.1) is 5.82 Å². The highest BCUT2D eigenvalue weighted by atomic mass is 19.1. The predicted molar refractivity (Wildman–Crippen MR) is 163 cm³/mol. The second-order valence-electron chi connectivity index (χ2n) is 11.2. The lowest BCUT2D eigenvalue weighted by Gasteiger charge is -2.34. The third-order valence-corrected chi connectivity index (χ3v) is 7.08. The number of benzene rings is 2. The number of carbonyl (C=O) groups excluding carboxylic acids is 2. The van der Waals surface area contributed by atoms with Gasteiger partial charge in [-0.1, -0.05) is 26.8 Å². The number of hydrogen-bond donors (Lipinski definition) is 3. The number of hydrogen-bond acceptors (Lipinski definition) is 7. The summed E-state index contributed by atoms with van der Waals surface area (Å²) in [6.07, 6.45) is 3.27. The second-order valence-corrected chi connectivity index (χ2v) is 11.2. The van der Waals surface area contributed by atoms with Gasteiger partial charge in [-0.15, -0.1) is 0 Å². The van der Waals surface area contributed by atoms with Gasteiger partial charge in [0.1, 0.15) is 17.5 Å². The lowest BCUT2D eigenvalue weighted by Crippen LogP contribution is -2.46. The largest absolute Gasteiger partial charge is 0.368 e. The van der Waals surface area contributed by atoms with E-state index in [-0.39, 0.29) is 23.6 Å². The fraction of sp³-hybridized carbons (Fsp3) is 0.200. The van der Waals surface area contributed by atoms with E-state index >= 15 is 0 Å². The van der Waals surface area contributed by atoms with Gasteiger partial charge >= 0.3 is 12.1 Å². The lowest BCUT2D eigenvalue weighted by atomic mass is 9.92. The summed E-state index contributed by atoms with van der Waals surface area (Å²) in [4.78, 5) is 41.7. The Hall–Kier alpha value is -5.59. The number of aromatic nitrogens is 5. The van der Waals surface area contributed by atoms with Crippen LogP contribution in [-0.2, 0) is 12.0 Å². The van der Waals surface area contributed by atoms with Crippen LogP contribution in [0.25, 0.3) is 16.6 Å². The van der Waals surface area contributed by atoms with E-state index in [1.54, 1.807) is 30.2 Å². The molecule has 4 N–H and O–H groups in total. The van der Waals surface area contributed by atoms with E-state index < -0.39 is 17.9 Å². The van der Waals surface area contributed by atoms with Crippen molar-refractivity contribution in [3.05, 3.63) is 84.1 Å². The lowest BCUT2D eigenvalue weighted by molar-refractivity contribution is 0.251. The smallest absolute Gasteiger partial charge is 0.330 e. The first-order chi connectivity index (χ1) is 20.5. The van der Waals surface area contributed by atoms with Crippen molar-refractivity contribution in [2.45, 2.75) is 32.7 Å². The van der Waals surface area contributed by atoms with Crippen LogP contribution < -0.4 is 26.2 Å². The van der Waals surface area contributed by atoms with Gasteiger partial charge < -0.3 is 11.1 Å². The van der Waals surface area contributed by atoms with Gasteiger partial charge in [-0.2, -0.15) is 10.1 Å². The standard InChI is InChI=1S/C30H29FN10O2/c1-30(2,3)24-14-25(41(38-24)20-8-10-22-17(12-20)6-5-11-33-22)36-28(42)35-23-13-19(7-9-21(23)31)40-16-18-15-34-27(32)37-26(18)39(4)29(40)43/h5-15H,16H2,1-4H3,(H2,32,34,37)(H2,35,36,42). The molecule has 13 heteroatoms. The van der Waals surface area contributed by atoms with Crippen molar-refractivity contribution in [1.29, 1.82) is 0 Å². The van der Waals surface area contributed by atoms with Crippen LogP contribution in [0.5, 0.6) is 0 Å². The van der Waals surface area contributed by atoms with Crippen LogP contribution in [0.2, 0.25) is 0 Å². The number of urea groups is 2. The van der Waals surface area contributed by atoms with Crippen molar-refractivity contribution < 1.29 is 14.0 Å². The molecule has 3 aromatic heterocycles. The Morgan fingerprint density at radius 1 is 1.02 bits per heavy atom. The molecule has 2 aromatic carbocycles. The Kier molecular flexibility index (Phi) is 6.64. The van der Waals surface area contributed by atoms with E-state index in [4.69, 9.17) is 10.8 Å². The molecular weight excluding hydrogens is 551 g/mol. The molecule has 1 aliphatic rings. The van der Waals surface area contributed by atoms with Crippen LogP contribution in [0.4, 0.5) is 42.9 Å². The monoisotopic (exact) mass is 580 g/mol. The number of fused-ring (bicyclic) bond motifs is 2. The van der Waals surface area contributed by atoms with Gasteiger partial charge in [-0.25, -0.2) is 23.6 Å². The summed E-state index contributed by atoms with van der Waals surface area (Å²) >= 11 is 0. The minimum absolute atomic E-state index is 0.0553. The van der Waals surface area contributed by atoms with E-state index in [1.165, 1.54) is 28.0 Å². The van der Waals surface area contributed by atoms with Crippen molar-refractivity contribution >= 4 is 51.9 Å². The summed E-state index contributed by atoms with van der Waals surface area (Å²) < 4.78 is 16.6. The van der Waals surface area contributed by atoms with Crippen LogP contribution in [-0.4, -0.2) is 43.8 Å². The maximum Gasteiger partial charge on any atom is 0.330 e. The molecule has 12 nitrogen and oxygen atoms in total. The third kappa shape index (κ3) is 5.27. The van der Waals surface area contributed by atoms with Crippen molar-refractivity contribution in [2.24, 2.45) is 0 Å². The van der Waals surface area contributed by atoms with Gasteiger partial charge in [0.2, 0.25) is 5.95 Å². The SMILES string of the molecule is CN1C(=O)N(c2ccc(F)c(NC(=O)Nc3cc(C(C)(C)C)nn3-c3ccc4ncccc4c3)c2)Cc2cnc(N)nc21. The molecule has 5 aromatic rings. The van der Waals surface area contributed by atoms with Crippen molar-refractivity contribution in [2.75, 3.05) is 33.2 Å². The summed E-state index contributed by atoms with van der Waals surface area (Å²) in [5, 5.41) is 11.1. The molecule has 0 fully saturated rings. The number of nitrogens with two attached hydrogens (primary N) is 1. The topological polar surface area (TPSA) is 147 Å². The van der Waals surface area contributed by atoms with E-state index in [2.05, 4.69) is 25.6 Å². The number of nitrogens with one attached hydrogen (secondary N) is 2. The Labute approximate surface area is 246 Å². The van der Waals surface area contributed by atoms with Gasteiger partial charge in [-0.05, 0) is 42.5 Å². The summed E-state index contributed by atoms with van der Waals surface area (Å²) in [6.45, 7) is 6.21. The van der Waals surface area contributed by atoms with Crippen molar-refractivity contribution in [3.8, 4) is 5.69 Å². The molecular formula is C30H29FN10O2. The normalized spacial score (nSPS) is 13.3.